The maximum atomic E-state index is 5.60. The molecule has 2 rings (SSSR count). The van der Waals surface area contributed by atoms with Crippen molar-refractivity contribution < 1.29 is 0 Å². The fourth-order valence-electron chi connectivity index (χ4n) is 2.11. The molecule has 0 aliphatic heterocycles. The minimum Gasteiger partial charge on any atom is -0.383 e. The van der Waals surface area contributed by atoms with Crippen LogP contribution in [0.15, 0.2) is 5.38 Å². The number of nitrogens with zero attached hydrogens (tertiary/aromatic N) is 2. The second-order valence-corrected chi connectivity index (χ2v) is 4.92. The molecular weight excluding hydrogens is 194 g/mol. The lowest BCUT2D eigenvalue weighted by atomic mass is 10.1. The van der Waals surface area contributed by atoms with Gasteiger partial charge in [0.25, 0.3) is 0 Å². The van der Waals surface area contributed by atoms with Crippen molar-refractivity contribution in [1.29, 1.82) is 0 Å². The van der Waals surface area contributed by atoms with E-state index in [-0.39, 0.29) is 0 Å². The molecule has 1 saturated carbocycles. The molecule has 0 saturated heterocycles. The van der Waals surface area contributed by atoms with E-state index in [9.17, 15) is 0 Å². The second-order valence-electron chi connectivity index (χ2n) is 4.09. The van der Waals surface area contributed by atoms with Crippen molar-refractivity contribution in [2.45, 2.75) is 25.7 Å². The first-order valence-corrected chi connectivity index (χ1v) is 6.06. The second kappa shape index (κ2) is 4.17. The lowest BCUT2D eigenvalue weighted by Gasteiger charge is -2.19. The molecule has 0 aromatic carbocycles. The van der Waals surface area contributed by atoms with Crippen molar-refractivity contribution in [2.75, 3.05) is 24.2 Å². The molecule has 2 N–H and O–H groups in total. The molecule has 14 heavy (non-hydrogen) atoms. The first-order chi connectivity index (χ1) is 6.75. The van der Waals surface area contributed by atoms with Crippen LogP contribution >= 0.6 is 11.3 Å². The zero-order valence-electron chi connectivity index (χ0n) is 8.57. The summed E-state index contributed by atoms with van der Waals surface area (Å²) in [6.45, 7) is 1.13. The van der Waals surface area contributed by atoms with E-state index in [1.807, 2.05) is 5.38 Å². The fraction of sp³-hybridized carbons (Fsp3) is 0.700. The molecule has 0 bridgehead atoms. The average molecular weight is 211 g/mol. The smallest absolute Gasteiger partial charge is 0.187 e. The highest BCUT2D eigenvalue weighted by Crippen LogP contribution is 2.28. The predicted octanol–water partition coefficient (Wildman–Crippen LogP) is 2.35. The summed E-state index contributed by atoms with van der Waals surface area (Å²) in [7, 11) is 2.11. The van der Waals surface area contributed by atoms with E-state index in [4.69, 9.17) is 5.73 Å². The van der Waals surface area contributed by atoms with Gasteiger partial charge in [-0.05, 0) is 18.8 Å². The molecule has 0 radical (unpaired) electrons. The van der Waals surface area contributed by atoms with E-state index >= 15 is 0 Å². The van der Waals surface area contributed by atoms with Crippen molar-refractivity contribution in [3.05, 3.63) is 5.38 Å². The molecule has 78 valence electrons. The maximum Gasteiger partial charge on any atom is 0.187 e. The molecule has 1 aliphatic rings. The number of anilines is 2. The van der Waals surface area contributed by atoms with Crippen LogP contribution in [0.5, 0.6) is 0 Å². The van der Waals surface area contributed by atoms with E-state index in [1.54, 1.807) is 11.3 Å². The third-order valence-electron chi connectivity index (χ3n) is 2.84. The van der Waals surface area contributed by atoms with E-state index in [2.05, 4.69) is 16.9 Å². The zero-order valence-corrected chi connectivity index (χ0v) is 9.39. The average Bonchev–Trinajstić information content (AvgIpc) is 2.75. The fourth-order valence-corrected chi connectivity index (χ4v) is 2.80. The van der Waals surface area contributed by atoms with Crippen molar-refractivity contribution >= 4 is 22.3 Å². The molecular formula is C10H17N3S. The van der Waals surface area contributed by atoms with Crippen molar-refractivity contribution in [1.82, 2.24) is 4.98 Å². The summed E-state index contributed by atoms with van der Waals surface area (Å²) in [5.74, 6) is 1.51. The summed E-state index contributed by atoms with van der Waals surface area (Å²) in [6.07, 6.45) is 5.56. The van der Waals surface area contributed by atoms with Crippen LogP contribution in [0.2, 0.25) is 0 Å². The maximum absolute atomic E-state index is 5.60. The highest BCUT2D eigenvalue weighted by Gasteiger charge is 2.17. The van der Waals surface area contributed by atoms with Gasteiger partial charge < -0.3 is 10.6 Å². The van der Waals surface area contributed by atoms with E-state index in [0.29, 0.717) is 5.82 Å². The summed E-state index contributed by atoms with van der Waals surface area (Å²) >= 11 is 1.63. The minimum atomic E-state index is 0.642. The first-order valence-electron chi connectivity index (χ1n) is 5.18. The Hall–Kier alpha value is -0.770. The Labute approximate surface area is 88.9 Å². The number of hydrogen-bond donors (Lipinski definition) is 1. The Kier molecular flexibility index (Phi) is 2.91. The predicted molar refractivity (Wildman–Crippen MR) is 61.8 cm³/mol. The van der Waals surface area contributed by atoms with Crippen LogP contribution in [0.3, 0.4) is 0 Å². The molecule has 1 heterocycles. The minimum absolute atomic E-state index is 0.642. The zero-order chi connectivity index (χ0) is 9.97. The van der Waals surface area contributed by atoms with Gasteiger partial charge >= 0.3 is 0 Å². The number of aromatic nitrogens is 1. The van der Waals surface area contributed by atoms with E-state index in [0.717, 1.165) is 17.6 Å². The quantitative estimate of drug-likeness (QED) is 0.834. The van der Waals surface area contributed by atoms with Gasteiger partial charge in [-0.2, -0.15) is 0 Å². The van der Waals surface area contributed by atoms with E-state index in [1.165, 1.54) is 25.7 Å². The van der Waals surface area contributed by atoms with Crippen LogP contribution in [-0.4, -0.2) is 18.6 Å². The third-order valence-corrected chi connectivity index (χ3v) is 3.82. The van der Waals surface area contributed by atoms with Crippen LogP contribution in [0.25, 0.3) is 0 Å². The Balaban J connectivity index is 1.91. The summed E-state index contributed by atoms with van der Waals surface area (Å²) in [6, 6.07) is 0. The lowest BCUT2D eigenvalue weighted by molar-refractivity contribution is 0.547. The molecule has 1 aliphatic carbocycles. The molecule has 0 unspecified atom stereocenters. The van der Waals surface area contributed by atoms with Crippen LogP contribution < -0.4 is 10.6 Å². The molecule has 0 amide bonds. The number of rotatable bonds is 3. The van der Waals surface area contributed by atoms with Gasteiger partial charge in [0.2, 0.25) is 0 Å². The van der Waals surface area contributed by atoms with Crippen LogP contribution in [0.4, 0.5) is 10.9 Å². The molecule has 1 aromatic rings. The van der Waals surface area contributed by atoms with Crippen LogP contribution in [0.1, 0.15) is 25.7 Å². The summed E-state index contributed by atoms with van der Waals surface area (Å²) < 4.78 is 0. The molecule has 0 spiro atoms. The van der Waals surface area contributed by atoms with Gasteiger partial charge in [0.1, 0.15) is 5.82 Å². The Morgan fingerprint density at radius 2 is 2.29 bits per heavy atom. The normalized spacial score (nSPS) is 17.5. The van der Waals surface area contributed by atoms with Crippen LogP contribution in [-0.2, 0) is 0 Å². The largest absolute Gasteiger partial charge is 0.383 e. The summed E-state index contributed by atoms with van der Waals surface area (Å²) in [4.78, 5) is 6.51. The Morgan fingerprint density at radius 3 is 2.86 bits per heavy atom. The van der Waals surface area contributed by atoms with Gasteiger partial charge in [-0.3, -0.25) is 0 Å². The van der Waals surface area contributed by atoms with Gasteiger partial charge in [-0.25, -0.2) is 4.98 Å². The number of hydrogen-bond acceptors (Lipinski definition) is 4. The van der Waals surface area contributed by atoms with Crippen molar-refractivity contribution in [2.24, 2.45) is 5.92 Å². The SMILES string of the molecule is CN(CC1CCCC1)c1nc(N)cs1. The van der Waals surface area contributed by atoms with Gasteiger partial charge in [0.15, 0.2) is 5.13 Å². The van der Waals surface area contributed by atoms with E-state index < -0.39 is 0 Å². The van der Waals surface area contributed by atoms with Crippen molar-refractivity contribution in [3.8, 4) is 0 Å². The third kappa shape index (κ3) is 2.18. The summed E-state index contributed by atoms with van der Waals surface area (Å²) in [5, 5.41) is 2.95. The topological polar surface area (TPSA) is 42.2 Å². The summed E-state index contributed by atoms with van der Waals surface area (Å²) in [5.41, 5.74) is 5.60. The Morgan fingerprint density at radius 1 is 1.57 bits per heavy atom. The molecule has 0 atom stereocenters. The number of nitrogens with two attached hydrogens (primary N) is 1. The monoisotopic (exact) mass is 211 g/mol. The number of thiazole rings is 1. The highest BCUT2D eigenvalue weighted by atomic mass is 32.1. The van der Waals surface area contributed by atoms with Gasteiger partial charge in [0.05, 0.1) is 0 Å². The highest BCUT2D eigenvalue weighted by molar-refractivity contribution is 7.14. The number of nitrogen functional groups attached to an aromatic ring is 1. The van der Waals surface area contributed by atoms with Gasteiger partial charge in [-0.15, -0.1) is 11.3 Å². The standard InChI is InChI=1S/C10H17N3S/c1-13(6-8-4-2-3-5-8)10-12-9(11)7-14-10/h7-8H,2-6,11H2,1H3. The molecule has 4 heteroatoms. The molecule has 3 nitrogen and oxygen atoms in total. The van der Waals surface area contributed by atoms with Gasteiger partial charge in [0, 0.05) is 19.0 Å². The van der Waals surface area contributed by atoms with Gasteiger partial charge in [-0.1, -0.05) is 12.8 Å². The molecule has 1 aromatic heterocycles. The lowest BCUT2D eigenvalue weighted by Crippen LogP contribution is -2.23. The van der Waals surface area contributed by atoms with Crippen LogP contribution in [0, 0.1) is 5.92 Å². The van der Waals surface area contributed by atoms with Crippen molar-refractivity contribution in [3.63, 3.8) is 0 Å². The molecule has 1 fully saturated rings. The Bertz CT molecular complexity index is 291. The first kappa shape index (κ1) is 9.77.